The molecule has 2 bridgehead atoms. The Morgan fingerprint density at radius 2 is 1.61 bits per heavy atom. The molecule has 2 aromatic carbocycles. The third kappa shape index (κ3) is 8.92. The number of morpholine rings is 1. The van der Waals surface area contributed by atoms with Crippen molar-refractivity contribution in [3.63, 3.8) is 0 Å². The van der Waals surface area contributed by atoms with Crippen LogP contribution in [-0.4, -0.2) is 139 Å². The molecule has 3 aliphatic carbocycles. The van der Waals surface area contributed by atoms with Crippen molar-refractivity contribution in [1.29, 1.82) is 0 Å². The van der Waals surface area contributed by atoms with Gasteiger partial charge in [0.1, 0.15) is 35.3 Å². The third-order valence-electron chi connectivity index (χ3n) is 14.8. The second-order valence-corrected chi connectivity index (χ2v) is 20.2. The lowest BCUT2D eigenvalue weighted by Gasteiger charge is -2.68. The van der Waals surface area contributed by atoms with Crippen LogP contribution in [0, 0.1) is 22.7 Å². The molecule has 2 saturated heterocycles. The summed E-state index contributed by atoms with van der Waals surface area (Å²) in [4.78, 5) is 73.9. The van der Waals surface area contributed by atoms with Gasteiger partial charge >= 0.3 is 24.0 Å². The average molecular weight is 919 g/mol. The van der Waals surface area contributed by atoms with Crippen molar-refractivity contribution in [3.05, 3.63) is 82.9 Å². The minimum Gasteiger partial charge on any atom is -0.456 e. The Morgan fingerprint density at radius 3 is 2.18 bits per heavy atom. The normalized spacial score (nSPS) is 32.7. The van der Waals surface area contributed by atoms with Gasteiger partial charge in [-0.3, -0.25) is 14.5 Å². The number of nitrogens with zero attached hydrogens (tertiary/aromatic N) is 1. The molecular formula is C50H66N2O14. The van der Waals surface area contributed by atoms with Gasteiger partial charge in [0, 0.05) is 51.3 Å². The van der Waals surface area contributed by atoms with E-state index in [9.17, 15) is 29.4 Å². The fourth-order valence-electron chi connectivity index (χ4n) is 11.5. The van der Waals surface area contributed by atoms with E-state index in [4.69, 9.17) is 33.2 Å². The van der Waals surface area contributed by atoms with E-state index in [0.29, 0.717) is 49.6 Å². The number of esters is 3. The average Bonchev–Trinajstić information content (AvgIpc) is 3.26. The number of Topliss-reactive ketones (excluding diaryl/α,β-unsaturated/α-hetero) is 1. The van der Waals surface area contributed by atoms with E-state index in [1.54, 1.807) is 109 Å². The molecule has 16 nitrogen and oxygen atoms in total. The van der Waals surface area contributed by atoms with Crippen molar-refractivity contribution in [3.8, 4) is 0 Å². The number of carbonyl (C=O) groups is 5. The number of rotatable bonds is 12. The first-order chi connectivity index (χ1) is 31.1. The predicted octanol–water partition coefficient (Wildman–Crippen LogP) is 4.89. The molecule has 2 heterocycles. The summed E-state index contributed by atoms with van der Waals surface area (Å²) < 4.78 is 42.7. The fraction of sp³-hybridized carbons (Fsp3) is 0.620. The maximum absolute atomic E-state index is 16.3. The number of aliphatic hydroxyl groups excluding tert-OH is 1. The first kappa shape index (κ1) is 49.2. The van der Waals surface area contributed by atoms with Crippen LogP contribution >= 0.6 is 0 Å². The molecule has 2 unspecified atom stereocenters. The molecule has 2 aliphatic heterocycles. The van der Waals surface area contributed by atoms with Crippen LogP contribution in [0.3, 0.4) is 0 Å². The topological polar surface area (TPSA) is 206 Å². The summed E-state index contributed by atoms with van der Waals surface area (Å²) in [6.07, 6.45) is -7.40. The van der Waals surface area contributed by atoms with E-state index in [-0.39, 0.29) is 37.2 Å². The summed E-state index contributed by atoms with van der Waals surface area (Å²) in [6, 6.07) is 15.3. The molecule has 11 atom stereocenters. The van der Waals surface area contributed by atoms with E-state index in [0.717, 1.165) is 0 Å². The second kappa shape index (κ2) is 18.8. The van der Waals surface area contributed by atoms with E-state index >= 15 is 4.79 Å². The minimum atomic E-state index is -2.18. The van der Waals surface area contributed by atoms with Gasteiger partial charge in [0.05, 0.1) is 48.9 Å². The highest BCUT2D eigenvalue weighted by Gasteiger charge is 2.78. The highest BCUT2D eigenvalue weighted by atomic mass is 16.6. The number of hydrogen-bond acceptors (Lipinski definition) is 15. The van der Waals surface area contributed by atoms with Crippen LogP contribution in [0.25, 0.3) is 0 Å². The molecule has 0 spiro atoms. The molecule has 66 heavy (non-hydrogen) atoms. The number of hydrogen-bond donors (Lipinski definition) is 3. The highest BCUT2D eigenvalue weighted by Crippen LogP contribution is 2.65. The van der Waals surface area contributed by atoms with E-state index < -0.39 is 100 Å². The number of carbonyl (C=O) groups excluding carboxylic acids is 5. The number of benzene rings is 2. The van der Waals surface area contributed by atoms with Crippen LogP contribution in [0.15, 0.2) is 71.8 Å². The van der Waals surface area contributed by atoms with Crippen LogP contribution in [0.2, 0.25) is 0 Å². The first-order valence-corrected chi connectivity index (χ1v) is 22.9. The number of aliphatic hydroxyl groups is 2. The zero-order chi connectivity index (χ0) is 48.0. The summed E-state index contributed by atoms with van der Waals surface area (Å²) in [5.41, 5.74) is -6.11. The van der Waals surface area contributed by atoms with Crippen molar-refractivity contribution in [2.45, 2.75) is 128 Å². The standard InChI is InChI=1S/C50H66N2O14/c1-29-34(63-44(57)39(54)38(31-16-12-10-13-17-31)51-45(58)66-46(3,4)5)27-50(59)42(64-43(56)32-18-14-11-15-19-32)40-48(8,35(60-9)26-36-49(40,28-62-36)65-30(2)53)41(55)33(37(29)47(50,6)7)20-21-52-22-24-61-25-23-52/h10-19,33-36,38-40,42,54,59H,20-28H2,1-9H3,(H,51,58)/t33-,34+,35+,36-,38+,39-,40?,42?,48-,49+,50-/m1/s1. The zero-order valence-electron chi connectivity index (χ0n) is 39.5. The van der Waals surface area contributed by atoms with Gasteiger partial charge in [-0.2, -0.15) is 0 Å². The maximum atomic E-state index is 16.3. The molecule has 1 amide bonds. The van der Waals surface area contributed by atoms with Crippen LogP contribution in [0.1, 0.15) is 96.6 Å². The van der Waals surface area contributed by atoms with Crippen LogP contribution in [0.4, 0.5) is 4.79 Å². The maximum Gasteiger partial charge on any atom is 0.408 e. The molecule has 4 fully saturated rings. The lowest BCUT2D eigenvalue weighted by molar-refractivity contribution is -0.347. The Kier molecular flexibility index (Phi) is 14.0. The van der Waals surface area contributed by atoms with Crippen molar-refractivity contribution < 1.29 is 67.3 Å². The van der Waals surface area contributed by atoms with E-state index in [1.165, 1.54) is 14.0 Å². The van der Waals surface area contributed by atoms with Gasteiger partial charge < -0.3 is 48.7 Å². The summed E-state index contributed by atoms with van der Waals surface area (Å²) >= 11 is 0. The molecule has 360 valence electrons. The Labute approximate surface area is 386 Å². The number of nitrogens with one attached hydrogen (secondary N) is 1. The fourth-order valence-corrected chi connectivity index (χ4v) is 11.5. The van der Waals surface area contributed by atoms with Gasteiger partial charge in [-0.1, -0.05) is 62.4 Å². The lowest BCUT2D eigenvalue weighted by atomic mass is 9.43. The predicted molar refractivity (Wildman–Crippen MR) is 238 cm³/mol. The number of methoxy groups -OCH3 is 1. The minimum absolute atomic E-state index is 0.159. The Morgan fingerprint density at radius 1 is 0.970 bits per heavy atom. The van der Waals surface area contributed by atoms with Gasteiger partial charge in [0.2, 0.25) is 0 Å². The largest absolute Gasteiger partial charge is 0.456 e. The zero-order valence-corrected chi connectivity index (χ0v) is 39.5. The third-order valence-corrected chi connectivity index (χ3v) is 14.8. The molecule has 0 aromatic heterocycles. The first-order valence-electron chi connectivity index (χ1n) is 22.9. The molecular weight excluding hydrogens is 853 g/mol. The quantitative estimate of drug-likeness (QED) is 0.147. The monoisotopic (exact) mass is 918 g/mol. The highest BCUT2D eigenvalue weighted by molar-refractivity contribution is 5.93. The van der Waals surface area contributed by atoms with Gasteiger partial charge in [-0.25, -0.2) is 14.4 Å². The number of ether oxygens (including phenoxy) is 7. The molecule has 16 heteroatoms. The lowest BCUT2D eigenvalue weighted by Crippen LogP contribution is -2.81. The van der Waals surface area contributed by atoms with E-state index in [1.807, 2.05) is 0 Å². The second-order valence-electron chi connectivity index (χ2n) is 20.2. The molecule has 7 rings (SSSR count). The Hall–Kier alpha value is -4.71. The molecule has 0 radical (unpaired) electrons. The smallest absolute Gasteiger partial charge is 0.408 e. The van der Waals surface area contributed by atoms with Crippen molar-refractivity contribution >= 4 is 29.8 Å². The summed E-state index contributed by atoms with van der Waals surface area (Å²) in [5.74, 6) is -5.09. The van der Waals surface area contributed by atoms with Gasteiger partial charge in [-0.15, -0.1) is 0 Å². The van der Waals surface area contributed by atoms with Crippen molar-refractivity contribution in [1.82, 2.24) is 10.2 Å². The van der Waals surface area contributed by atoms with Crippen molar-refractivity contribution in [2.24, 2.45) is 22.7 Å². The molecule has 2 saturated carbocycles. The van der Waals surface area contributed by atoms with E-state index in [2.05, 4.69) is 10.2 Å². The number of fused-ring (bicyclic) bond motifs is 5. The number of amides is 1. The Balaban J connectivity index is 1.40. The molecule has 3 N–H and O–H groups in total. The summed E-state index contributed by atoms with van der Waals surface area (Å²) in [7, 11) is 1.50. The molecule has 2 aromatic rings. The van der Waals surface area contributed by atoms with Crippen molar-refractivity contribution in [2.75, 3.05) is 46.6 Å². The van der Waals surface area contributed by atoms with Gasteiger partial charge in [0.15, 0.2) is 11.7 Å². The number of ketones is 1. The van der Waals surface area contributed by atoms with Crippen LogP contribution in [-0.2, 0) is 47.5 Å². The SMILES string of the molecule is CO[C@H]1C[C@H]2OC[C@@]2(OC(C)=O)C2C(OC(=O)c3ccccc3)[C@]3(O)C[C@H](OC(=O)[C@H](O)[C@@H](NC(=O)OC(C)(C)C)c4ccccc4)C(C)=C([C@@H](CCN4CCOCC4)C(=O)[C@@]21C)C3(C)C. The number of alkyl carbamates (subject to hydrolysis) is 1. The summed E-state index contributed by atoms with van der Waals surface area (Å²) in [6.45, 7) is 16.0. The molecule has 5 aliphatic rings. The summed E-state index contributed by atoms with van der Waals surface area (Å²) in [5, 5.41) is 28.6. The van der Waals surface area contributed by atoms with Gasteiger partial charge in [0.25, 0.3) is 0 Å². The van der Waals surface area contributed by atoms with Crippen LogP contribution in [0.5, 0.6) is 0 Å². The van der Waals surface area contributed by atoms with Crippen LogP contribution < -0.4 is 5.32 Å². The van der Waals surface area contributed by atoms with Gasteiger partial charge in [-0.05, 0) is 76.4 Å². The Bertz CT molecular complexity index is 2170.